The second-order valence-electron chi connectivity index (χ2n) is 6.01. The predicted molar refractivity (Wildman–Crippen MR) is 103 cm³/mol. The zero-order valence-corrected chi connectivity index (χ0v) is 15.9. The van der Waals surface area contributed by atoms with E-state index in [9.17, 15) is 4.79 Å². The molecule has 1 amide bonds. The Morgan fingerprint density at radius 3 is 2.58 bits per heavy atom. The van der Waals surface area contributed by atoms with Crippen molar-refractivity contribution >= 4 is 38.6 Å². The topological polar surface area (TPSA) is 65.4 Å². The number of carbonyl (C=O) groups is 1. The predicted octanol–water partition coefficient (Wildman–Crippen LogP) is 3.77. The van der Waals surface area contributed by atoms with Crippen LogP contribution in [0.3, 0.4) is 0 Å². The molecule has 0 saturated heterocycles. The second-order valence-corrected chi connectivity index (χ2v) is 6.92. The molecular formula is C19H18BrN3O3. The minimum Gasteiger partial charge on any atom is -0.486 e. The highest BCUT2D eigenvalue weighted by molar-refractivity contribution is 9.10. The van der Waals surface area contributed by atoms with Crippen LogP contribution < -0.4 is 14.8 Å². The third-order valence-corrected chi connectivity index (χ3v) is 4.77. The van der Waals surface area contributed by atoms with Crippen molar-refractivity contribution in [2.75, 3.05) is 18.5 Å². The molecule has 1 N–H and O–H groups in total. The van der Waals surface area contributed by atoms with Crippen molar-refractivity contribution in [3.8, 4) is 11.5 Å². The van der Waals surface area contributed by atoms with Crippen LogP contribution in [0.1, 0.15) is 12.7 Å². The van der Waals surface area contributed by atoms with E-state index in [4.69, 9.17) is 9.47 Å². The third-order valence-electron chi connectivity index (χ3n) is 4.24. The van der Waals surface area contributed by atoms with Gasteiger partial charge in [-0.3, -0.25) is 4.79 Å². The highest BCUT2D eigenvalue weighted by Gasteiger charge is 2.19. The molecule has 1 aliphatic rings. The van der Waals surface area contributed by atoms with Crippen molar-refractivity contribution < 1.29 is 14.3 Å². The molecule has 1 aromatic heterocycles. The van der Waals surface area contributed by atoms with Crippen LogP contribution in [0.2, 0.25) is 0 Å². The van der Waals surface area contributed by atoms with Crippen molar-refractivity contribution in [1.29, 1.82) is 0 Å². The number of imidazole rings is 1. The average Bonchev–Trinajstić information content (AvgIpc) is 2.98. The molecule has 3 aromatic rings. The van der Waals surface area contributed by atoms with E-state index >= 15 is 0 Å². The Balaban J connectivity index is 1.64. The van der Waals surface area contributed by atoms with Gasteiger partial charge in [-0.15, -0.1) is 0 Å². The Morgan fingerprint density at radius 1 is 1.19 bits per heavy atom. The maximum absolute atomic E-state index is 12.5. The number of hydrogen-bond donors (Lipinski definition) is 1. The zero-order valence-electron chi connectivity index (χ0n) is 14.3. The third kappa shape index (κ3) is 3.26. The minimum absolute atomic E-state index is 0.101. The van der Waals surface area contributed by atoms with Crippen LogP contribution >= 0.6 is 15.9 Å². The van der Waals surface area contributed by atoms with E-state index in [1.807, 2.05) is 47.9 Å². The highest BCUT2D eigenvalue weighted by Crippen LogP contribution is 2.34. The molecule has 4 rings (SSSR count). The van der Waals surface area contributed by atoms with Crippen molar-refractivity contribution in [1.82, 2.24) is 9.55 Å². The Hall–Kier alpha value is -2.54. The molecule has 0 unspecified atom stereocenters. The van der Waals surface area contributed by atoms with Gasteiger partial charge in [-0.1, -0.05) is 22.9 Å². The van der Waals surface area contributed by atoms with E-state index in [0.29, 0.717) is 24.7 Å². The first-order valence-electron chi connectivity index (χ1n) is 8.48. The summed E-state index contributed by atoms with van der Waals surface area (Å²) in [6.07, 6.45) is 0.729. The molecule has 0 aliphatic carbocycles. The van der Waals surface area contributed by atoms with Crippen LogP contribution in [0.5, 0.6) is 11.5 Å². The number of carbonyl (C=O) groups excluding carboxylic acids is 1. The van der Waals surface area contributed by atoms with Crippen molar-refractivity contribution in [2.45, 2.75) is 19.9 Å². The maximum Gasteiger partial charge on any atom is 0.244 e. The van der Waals surface area contributed by atoms with Gasteiger partial charge in [0.25, 0.3) is 0 Å². The summed E-state index contributed by atoms with van der Waals surface area (Å²) in [7, 11) is 0. The Bertz CT molecular complexity index is 966. The Labute approximate surface area is 159 Å². The molecule has 1 aliphatic heterocycles. The van der Waals surface area contributed by atoms with Gasteiger partial charge in [0.05, 0.1) is 11.0 Å². The van der Waals surface area contributed by atoms with E-state index in [2.05, 4.69) is 26.2 Å². The number of amides is 1. The number of nitrogens with one attached hydrogen (secondary N) is 1. The number of anilines is 1. The number of halogens is 1. The van der Waals surface area contributed by atoms with Gasteiger partial charge in [-0.05, 0) is 24.3 Å². The summed E-state index contributed by atoms with van der Waals surface area (Å²) >= 11 is 3.39. The molecule has 0 saturated carbocycles. The van der Waals surface area contributed by atoms with Gasteiger partial charge in [0.2, 0.25) is 5.91 Å². The summed E-state index contributed by atoms with van der Waals surface area (Å²) in [5, 5.41) is 2.92. The number of benzene rings is 2. The van der Waals surface area contributed by atoms with Gasteiger partial charge in [0.1, 0.15) is 25.6 Å². The highest BCUT2D eigenvalue weighted by atomic mass is 79.9. The first-order chi connectivity index (χ1) is 12.6. The zero-order chi connectivity index (χ0) is 18.1. The molecule has 2 heterocycles. The van der Waals surface area contributed by atoms with Gasteiger partial charge < -0.3 is 19.4 Å². The summed E-state index contributed by atoms with van der Waals surface area (Å²) in [6.45, 7) is 3.28. The Kier molecular flexibility index (Phi) is 4.55. The molecule has 134 valence electrons. The second kappa shape index (κ2) is 6.99. The van der Waals surface area contributed by atoms with Crippen molar-refractivity contribution in [3.05, 3.63) is 46.7 Å². The van der Waals surface area contributed by atoms with E-state index < -0.39 is 0 Å². The Morgan fingerprint density at radius 2 is 1.88 bits per heavy atom. The molecule has 0 atom stereocenters. The molecule has 0 spiro atoms. The summed E-state index contributed by atoms with van der Waals surface area (Å²) in [5.41, 5.74) is 2.44. The van der Waals surface area contributed by atoms with E-state index in [-0.39, 0.29) is 12.5 Å². The first-order valence-corrected chi connectivity index (χ1v) is 9.27. The van der Waals surface area contributed by atoms with E-state index in [1.54, 1.807) is 0 Å². The number of ether oxygens (including phenoxy) is 2. The fourth-order valence-electron chi connectivity index (χ4n) is 3.04. The monoisotopic (exact) mass is 415 g/mol. The maximum atomic E-state index is 12.5. The van der Waals surface area contributed by atoms with Crippen LogP contribution in [-0.2, 0) is 17.8 Å². The fraction of sp³-hybridized carbons (Fsp3) is 0.263. The number of nitrogens with zero attached hydrogens (tertiary/aromatic N) is 2. The van der Waals surface area contributed by atoms with Crippen molar-refractivity contribution in [2.24, 2.45) is 0 Å². The molecule has 26 heavy (non-hydrogen) atoms. The van der Waals surface area contributed by atoms with Crippen LogP contribution in [0.4, 0.5) is 5.69 Å². The SMILES string of the molecule is CCc1nc2cc3c(cc2n1CC(=O)Nc1ccc(Br)cc1)OCCO3. The lowest BCUT2D eigenvalue weighted by molar-refractivity contribution is -0.116. The lowest BCUT2D eigenvalue weighted by Gasteiger charge is -2.18. The molecule has 6 nitrogen and oxygen atoms in total. The summed E-state index contributed by atoms with van der Waals surface area (Å²) in [4.78, 5) is 17.2. The van der Waals surface area contributed by atoms with Crippen LogP contribution in [0.15, 0.2) is 40.9 Å². The molecule has 0 radical (unpaired) electrons. The van der Waals surface area contributed by atoms with E-state index in [0.717, 1.165) is 33.4 Å². The quantitative estimate of drug-likeness (QED) is 0.704. The number of hydrogen-bond acceptors (Lipinski definition) is 4. The molecule has 7 heteroatoms. The summed E-state index contributed by atoms with van der Waals surface area (Å²) in [6, 6.07) is 11.3. The lowest BCUT2D eigenvalue weighted by atomic mass is 10.2. The summed E-state index contributed by atoms with van der Waals surface area (Å²) < 4.78 is 14.2. The van der Waals surface area contributed by atoms with Crippen LogP contribution in [-0.4, -0.2) is 28.7 Å². The molecule has 2 aromatic carbocycles. The molecule has 0 bridgehead atoms. The number of fused-ring (bicyclic) bond motifs is 2. The number of rotatable bonds is 4. The average molecular weight is 416 g/mol. The van der Waals surface area contributed by atoms with Crippen molar-refractivity contribution in [3.63, 3.8) is 0 Å². The fourth-order valence-corrected chi connectivity index (χ4v) is 3.30. The number of aromatic nitrogens is 2. The van der Waals surface area contributed by atoms with Gasteiger partial charge in [0, 0.05) is 28.7 Å². The van der Waals surface area contributed by atoms with Crippen LogP contribution in [0.25, 0.3) is 11.0 Å². The summed E-state index contributed by atoms with van der Waals surface area (Å²) in [5.74, 6) is 2.15. The smallest absolute Gasteiger partial charge is 0.244 e. The van der Waals surface area contributed by atoms with Gasteiger partial charge in [0.15, 0.2) is 11.5 Å². The standard InChI is InChI=1S/C19H18BrN3O3/c1-2-18-22-14-9-16-17(26-8-7-25-16)10-15(14)23(18)11-19(24)21-13-5-3-12(20)4-6-13/h3-6,9-10H,2,7-8,11H2,1H3,(H,21,24). The first kappa shape index (κ1) is 16.9. The normalized spacial score (nSPS) is 13.0. The lowest BCUT2D eigenvalue weighted by Crippen LogP contribution is -2.20. The van der Waals surface area contributed by atoms with Gasteiger partial charge >= 0.3 is 0 Å². The van der Waals surface area contributed by atoms with Crippen LogP contribution in [0, 0.1) is 0 Å². The minimum atomic E-state index is -0.101. The van der Waals surface area contributed by atoms with Gasteiger partial charge in [-0.2, -0.15) is 0 Å². The largest absolute Gasteiger partial charge is 0.486 e. The number of aryl methyl sites for hydroxylation is 1. The van der Waals surface area contributed by atoms with E-state index in [1.165, 1.54) is 0 Å². The van der Waals surface area contributed by atoms with Gasteiger partial charge in [-0.25, -0.2) is 4.98 Å². The molecular weight excluding hydrogens is 398 g/mol. The molecule has 0 fully saturated rings.